The number of primary amides is 1. The lowest BCUT2D eigenvalue weighted by Crippen LogP contribution is -2.38. The van der Waals surface area contributed by atoms with Crippen molar-refractivity contribution in [1.29, 1.82) is 0 Å². The molecule has 1 aromatic carbocycles. The van der Waals surface area contributed by atoms with E-state index in [1.807, 2.05) is 11.8 Å². The number of rotatable bonds is 4. The highest BCUT2D eigenvalue weighted by Gasteiger charge is 2.28. The van der Waals surface area contributed by atoms with E-state index in [9.17, 15) is 9.59 Å². The summed E-state index contributed by atoms with van der Waals surface area (Å²) in [5, 5.41) is 2.94. The fourth-order valence-electron chi connectivity index (χ4n) is 2.88. The Balaban J connectivity index is 2.07. The van der Waals surface area contributed by atoms with Gasteiger partial charge in [-0.05, 0) is 49.9 Å². The molecule has 1 aliphatic rings. The number of benzene rings is 1. The predicted octanol–water partition coefficient (Wildman–Crippen LogP) is 2.89. The van der Waals surface area contributed by atoms with E-state index in [-0.39, 0.29) is 6.03 Å². The SMILES string of the molecule is CCCC1CCCN1C(=O)Nc1ccc(C(N)=O)cc1C. The Hall–Kier alpha value is -2.04. The number of amides is 3. The first-order valence-corrected chi connectivity index (χ1v) is 7.51. The van der Waals surface area contributed by atoms with Crippen molar-refractivity contribution in [2.75, 3.05) is 11.9 Å². The van der Waals surface area contributed by atoms with Crippen molar-refractivity contribution in [1.82, 2.24) is 4.90 Å². The molecular formula is C16H23N3O2. The smallest absolute Gasteiger partial charge is 0.322 e. The molecule has 1 saturated heterocycles. The van der Waals surface area contributed by atoms with Gasteiger partial charge in [0.25, 0.3) is 0 Å². The molecule has 5 nitrogen and oxygen atoms in total. The largest absolute Gasteiger partial charge is 0.366 e. The number of hydrogen-bond donors (Lipinski definition) is 2. The zero-order valence-corrected chi connectivity index (χ0v) is 12.7. The third kappa shape index (κ3) is 3.54. The van der Waals surface area contributed by atoms with E-state index < -0.39 is 5.91 Å². The second-order valence-corrected chi connectivity index (χ2v) is 5.60. The number of hydrogen-bond acceptors (Lipinski definition) is 2. The molecule has 1 aromatic rings. The van der Waals surface area contributed by atoms with Crippen molar-refractivity contribution < 1.29 is 9.59 Å². The molecule has 5 heteroatoms. The average Bonchev–Trinajstić information content (AvgIpc) is 2.89. The first-order valence-electron chi connectivity index (χ1n) is 7.51. The molecule has 0 radical (unpaired) electrons. The highest BCUT2D eigenvalue weighted by Crippen LogP contribution is 2.23. The molecule has 0 bridgehead atoms. The number of nitrogens with zero attached hydrogens (tertiary/aromatic N) is 1. The minimum atomic E-state index is -0.460. The Labute approximate surface area is 125 Å². The van der Waals surface area contributed by atoms with Gasteiger partial charge in [0.15, 0.2) is 0 Å². The maximum atomic E-state index is 12.4. The molecule has 0 spiro atoms. The Morgan fingerprint density at radius 3 is 2.81 bits per heavy atom. The molecule has 1 aliphatic heterocycles. The third-order valence-corrected chi connectivity index (χ3v) is 4.01. The van der Waals surface area contributed by atoms with E-state index in [1.165, 1.54) is 0 Å². The molecule has 2 rings (SSSR count). The summed E-state index contributed by atoms with van der Waals surface area (Å²) in [6, 6.07) is 5.36. The summed E-state index contributed by atoms with van der Waals surface area (Å²) in [5.74, 6) is -0.460. The molecule has 1 unspecified atom stereocenters. The topological polar surface area (TPSA) is 75.4 Å². The Kier molecular flexibility index (Phi) is 4.83. The highest BCUT2D eigenvalue weighted by atomic mass is 16.2. The lowest BCUT2D eigenvalue weighted by atomic mass is 10.1. The summed E-state index contributed by atoms with van der Waals surface area (Å²) in [7, 11) is 0. The molecule has 114 valence electrons. The molecule has 1 heterocycles. The monoisotopic (exact) mass is 289 g/mol. The summed E-state index contributed by atoms with van der Waals surface area (Å²) in [6.45, 7) is 4.81. The molecule has 1 fully saturated rings. The molecular weight excluding hydrogens is 266 g/mol. The van der Waals surface area contributed by atoms with Gasteiger partial charge in [0.1, 0.15) is 0 Å². The maximum absolute atomic E-state index is 12.4. The van der Waals surface area contributed by atoms with Gasteiger partial charge in [0, 0.05) is 23.8 Å². The van der Waals surface area contributed by atoms with Crippen LogP contribution in [0.3, 0.4) is 0 Å². The van der Waals surface area contributed by atoms with Crippen LogP contribution in [0.2, 0.25) is 0 Å². The predicted molar refractivity (Wildman–Crippen MR) is 83.4 cm³/mol. The number of nitrogens with one attached hydrogen (secondary N) is 1. The fraction of sp³-hybridized carbons (Fsp3) is 0.500. The van der Waals surface area contributed by atoms with Gasteiger partial charge < -0.3 is 16.0 Å². The average molecular weight is 289 g/mol. The van der Waals surface area contributed by atoms with Crippen LogP contribution in [0.4, 0.5) is 10.5 Å². The molecule has 1 atom stereocenters. The van der Waals surface area contributed by atoms with Gasteiger partial charge in [-0.1, -0.05) is 13.3 Å². The Bertz CT molecular complexity index is 542. The third-order valence-electron chi connectivity index (χ3n) is 4.01. The van der Waals surface area contributed by atoms with E-state index in [2.05, 4.69) is 12.2 Å². The summed E-state index contributed by atoms with van der Waals surface area (Å²) >= 11 is 0. The van der Waals surface area contributed by atoms with Crippen molar-refractivity contribution in [2.45, 2.75) is 45.6 Å². The standard InChI is InChI=1S/C16H23N3O2/c1-3-5-13-6-4-9-19(13)16(21)18-14-8-7-12(15(17)20)10-11(14)2/h7-8,10,13H,3-6,9H2,1-2H3,(H2,17,20)(H,18,21). The summed E-state index contributed by atoms with van der Waals surface area (Å²) in [6.07, 6.45) is 4.28. The number of urea groups is 1. The lowest BCUT2D eigenvalue weighted by Gasteiger charge is -2.25. The van der Waals surface area contributed by atoms with Crippen LogP contribution in [0, 0.1) is 6.92 Å². The van der Waals surface area contributed by atoms with E-state index in [0.717, 1.165) is 43.5 Å². The number of likely N-dealkylation sites (tertiary alicyclic amines) is 1. The van der Waals surface area contributed by atoms with Gasteiger partial charge in [-0.15, -0.1) is 0 Å². The van der Waals surface area contributed by atoms with Crippen LogP contribution in [0.15, 0.2) is 18.2 Å². The second-order valence-electron chi connectivity index (χ2n) is 5.60. The normalized spacial score (nSPS) is 17.8. The molecule has 0 saturated carbocycles. The number of carbonyl (C=O) groups excluding carboxylic acids is 2. The van der Waals surface area contributed by atoms with Crippen molar-refractivity contribution >= 4 is 17.6 Å². The Morgan fingerprint density at radius 1 is 1.43 bits per heavy atom. The van der Waals surface area contributed by atoms with Crippen molar-refractivity contribution in [3.63, 3.8) is 0 Å². The molecule has 21 heavy (non-hydrogen) atoms. The highest BCUT2D eigenvalue weighted by molar-refractivity contribution is 5.95. The van der Waals surface area contributed by atoms with Crippen molar-refractivity contribution in [2.24, 2.45) is 5.73 Å². The van der Waals surface area contributed by atoms with E-state index in [1.54, 1.807) is 18.2 Å². The van der Waals surface area contributed by atoms with E-state index >= 15 is 0 Å². The van der Waals surface area contributed by atoms with E-state index in [0.29, 0.717) is 11.6 Å². The van der Waals surface area contributed by atoms with Crippen LogP contribution in [0.1, 0.15) is 48.5 Å². The number of anilines is 1. The molecule has 3 amide bonds. The van der Waals surface area contributed by atoms with Crippen LogP contribution in [-0.4, -0.2) is 29.4 Å². The minimum Gasteiger partial charge on any atom is -0.366 e. The van der Waals surface area contributed by atoms with Crippen LogP contribution in [0.5, 0.6) is 0 Å². The number of aryl methyl sites for hydroxylation is 1. The first-order chi connectivity index (χ1) is 10.0. The van der Waals surface area contributed by atoms with Crippen LogP contribution in [-0.2, 0) is 0 Å². The fourth-order valence-corrected chi connectivity index (χ4v) is 2.88. The molecule has 0 aromatic heterocycles. The van der Waals surface area contributed by atoms with Gasteiger partial charge >= 0.3 is 6.03 Å². The molecule has 3 N–H and O–H groups in total. The van der Waals surface area contributed by atoms with Gasteiger partial charge in [0.2, 0.25) is 5.91 Å². The van der Waals surface area contributed by atoms with Gasteiger partial charge in [-0.25, -0.2) is 4.79 Å². The Morgan fingerprint density at radius 2 is 2.19 bits per heavy atom. The summed E-state index contributed by atoms with van der Waals surface area (Å²) < 4.78 is 0. The summed E-state index contributed by atoms with van der Waals surface area (Å²) in [5.41, 5.74) is 7.27. The first kappa shape index (κ1) is 15.4. The number of nitrogens with two attached hydrogens (primary N) is 1. The quantitative estimate of drug-likeness (QED) is 0.894. The zero-order chi connectivity index (χ0) is 15.4. The number of carbonyl (C=O) groups is 2. The van der Waals surface area contributed by atoms with Crippen LogP contribution in [0.25, 0.3) is 0 Å². The second kappa shape index (κ2) is 6.61. The maximum Gasteiger partial charge on any atom is 0.322 e. The van der Waals surface area contributed by atoms with Crippen molar-refractivity contribution in [3.8, 4) is 0 Å². The zero-order valence-electron chi connectivity index (χ0n) is 12.7. The van der Waals surface area contributed by atoms with Gasteiger partial charge in [-0.2, -0.15) is 0 Å². The lowest BCUT2D eigenvalue weighted by molar-refractivity contribution is 0.1000. The van der Waals surface area contributed by atoms with E-state index in [4.69, 9.17) is 5.73 Å². The van der Waals surface area contributed by atoms with Crippen LogP contribution < -0.4 is 11.1 Å². The summed E-state index contributed by atoms with van der Waals surface area (Å²) in [4.78, 5) is 25.5. The molecule has 0 aliphatic carbocycles. The minimum absolute atomic E-state index is 0.0547. The van der Waals surface area contributed by atoms with Crippen molar-refractivity contribution in [3.05, 3.63) is 29.3 Å². The van der Waals surface area contributed by atoms with Gasteiger partial charge in [0.05, 0.1) is 0 Å². The van der Waals surface area contributed by atoms with Crippen LogP contribution >= 0.6 is 0 Å². The van der Waals surface area contributed by atoms with Gasteiger partial charge in [-0.3, -0.25) is 4.79 Å².